The van der Waals surface area contributed by atoms with Gasteiger partial charge >= 0.3 is 0 Å². The molecule has 0 fully saturated rings. The van der Waals surface area contributed by atoms with Gasteiger partial charge in [0.1, 0.15) is 0 Å². The van der Waals surface area contributed by atoms with Gasteiger partial charge in [0.05, 0.1) is 16.3 Å². The van der Waals surface area contributed by atoms with Gasteiger partial charge in [0, 0.05) is 5.02 Å². The van der Waals surface area contributed by atoms with E-state index in [2.05, 4.69) is 15.8 Å². The van der Waals surface area contributed by atoms with Crippen molar-refractivity contribution >= 4 is 33.1 Å². The second-order valence-electron chi connectivity index (χ2n) is 3.79. The lowest BCUT2D eigenvalue weighted by molar-refractivity contribution is 0.483. The molecule has 0 unspecified atom stereocenters. The quantitative estimate of drug-likeness (QED) is 0.511. The fourth-order valence-electron chi connectivity index (χ4n) is 1.35. The molecule has 0 heterocycles. The van der Waals surface area contributed by atoms with E-state index in [4.69, 9.17) is 16.2 Å². The van der Waals surface area contributed by atoms with Crippen LogP contribution in [0.25, 0.3) is 0 Å². The van der Waals surface area contributed by atoms with E-state index < -0.39 is 10.1 Å². The maximum Gasteiger partial charge on any atom is 0.294 e. The van der Waals surface area contributed by atoms with Gasteiger partial charge in [-0.05, 0) is 48.5 Å². The molecule has 0 aliphatic heterocycles. The highest BCUT2D eigenvalue weighted by molar-refractivity contribution is 7.85. The van der Waals surface area contributed by atoms with Crippen LogP contribution in [0.2, 0.25) is 5.02 Å². The zero-order valence-corrected chi connectivity index (χ0v) is 11.6. The van der Waals surface area contributed by atoms with Gasteiger partial charge in [-0.25, -0.2) is 0 Å². The van der Waals surface area contributed by atoms with Crippen LogP contribution in [-0.2, 0) is 10.1 Å². The van der Waals surface area contributed by atoms with Crippen LogP contribution >= 0.6 is 11.6 Å². The molecule has 0 amide bonds. The molecule has 2 aromatic carbocycles. The van der Waals surface area contributed by atoms with E-state index in [1.54, 1.807) is 24.3 Å². The molecule has 0 aliphatic carbocycles. The van der Waals surface area contributed by atoms with Gasteiger partial charge in [-0.2, -0.15) is 8.42 Å². The Bertz CT molecular complexity index is 713. The summed E-state index contributed by atoms with van der Waals surface area (Å²) in [6.45, 7) is 0. The normalized spacial score (nSPS) is 11.7. The second-order valence-corrected chi connectivity index (χ2v) is 5.65. The summed E-state index contributed by atoms with van der Waals surface area (Å²) in [7, 11) is -4.19. The third-order valence-electron chi connectivity index (χ3n) is 2.32. The fraction of sp³-hybridized carbons (Fsp3) is 0. The number of nitrogens with one attached hydrogen (secondary N) is 1. The van der Waals surface area contributed by atoms with Crippen LogP contribution in [-0.4, -0.2) is 13.0 Å². The Kier molecular flexibility index (Phi) is 4.33. The summed E-state index contributed by atoms with van der Waals surface area (Å²) in [6.07, 6.45) is 0. The van der Waals surface area contributed by atoms with Gasteiger partial charge < -0.3 is 0 Å². The van der Waals surface area contributed by atoms with Gasteiger partial charge in [-0.3, -0.25) is 9.98 Å². The minimum atomic E-state index is -4.19. The Morgan fingerprint density at radius 1 is 1.00 bits per heavy atom. The van der Waals surface area contributed by atoms with Crippen molar-refractivity contribution in [1.82, 2.24) is 0 Å². The summed E-state index contributed by atoms with van der Waals surface area (Å²) in [5, 5.41) is 8.22. The summed E-state index contributed by atoms with van der Waals surface area (Å²) >= 11 is 5.74. The van der Waals surface area contributed by atoms with E-state index >= 15 is 0 Å². The maximum atomic E-state index is 10.8. The van der Waals surface area contributed by atoms with E-state index in [-0.39, 0.29) is 4.90 Å². The number of rotatable bonds is 4. The fourth-order valence-corrected chi connectivity index (χ4v) is 1.96. The molecular formula is C12H10ClN3O3S. The van der Waals surface area contributed by atoms with Crippen LogP contribution in [0.4, 0.5) is 11.4 Å². The van der Waals surface area contributed by atoms with E-state index in [1.807, 2.05) is 0 Å². The number of halogens is 1. The number of benzene rings is 2. The molecule has 0 radical (unpaired) electrons. The zero-order chi connectivity index (χ0) is 14.6. The average Bonchev–Trinajstić information content (AvgIpc) is 2.41. The minimum absolute atomic E-state index is 0.192. The highest BCUT2D eigenvalue weighted by Crippen LogP contribution is 2.17. The lowest BCUT2D eigenvalue weighted by Crippen LogP contribution is -1.96. The van der Waals surface area contributed by atoms with Crippen molar-refractivity contribution in [1.29, 1.82) is 0 Å². The lowest BCUT2D eigenvalue weighted by Gasteiger charge is -1.99. The van der Waals surface area contributed by atoms with Crippen LogP contribution < -0.4 is 5.43 Å². The maximum absolute atomic E-state index is 10.8. The molecule has 0 atom stereocenters. The van der Waals surface area contributed by atoms with Gasteiger partial charge in [0.2, 0.25) is 0 Å². The van der Waals surface area contributed by atoms with Crippen molar-refractivity contribution in [2.24, 2.45) is 10.3 Å². The Balaban J connectivity index is 2.03. The Morgan fingerprint density at radius 2 is 1.60 bits per heavy atom. The van der Waals surface area contributed by atoms with Gasteiger partial charge in [-0.15, -0.1) is 5.11 Å². The van der Waals surface area contributed by atoms with Crippen LogP contribution in [0.1, 0.15) is 0 Å². The first-order chi connectivity index (χ1) is 9.45. The highest BCUT2D eigenvalue weighted by Gasteiger charge is 2.07. The van der Waals surface area contributed by atoms with Crippen molar-refractivity contribution in [2.45, 2.75) is 4.90 Å². The minimum Gasteiger partial charge on any atom is -0.282 e. The van der Waals surface area contributed by atoms with E-state index in [1.165, 1.54) is 24.3 Å². The highest BCUT2D eigenvalue weighted by atomic mass is 35.5. The Hall–Kier alpha value is -1.96. The van der Waals surface area contributed by atoms with Crippen molar-refractivity contribution in [3.05, 3.63) is 53.6 Å². The first-order valence-corrected chi connectivity index (χ1v) is 7.27. The molecule has 0 spiro atoms. The molecule has 20 heavy (non-hydrogen) atoms. The summed E-state index contributed by atoms with van der Waals surface area (Å²) < 4.78 is 30.5. The topological polar surface area (TPSA) is 91.1 Å². The molecule has 0 aromatic heterocycles. The average molecular weight is 312 g/mol. The molecular weight excluding hydrogens is 302 g/mol. The molecule has 0 saturated heterocycles. The molecule has 0 saturated carbocycles. The van der Waals surface area contributed by atoms with Crippen LogP contribution in [0, 0.1) is 0 Å². The molecule has 0 bridgehead atoms. The second kappa shape index (κ2) is 6.00. The van der Waals surface area contributed by atoms with Crippen LogP contribution in [0.3, 0.4) is 0 Å². The van der Waals surface area contributed by atoms with Crippen LogP contribution in [0.5, 0.6) is 0 Å². The molecule has 8 heteroatoms. The lowest BCUT2D eigenvalue weighted by atomic mass is 10.3. The first-order valence-electron chi connectivity index (χ1n) is 5.45. The van der Waals surface area contributed by atoms with Crippen molar-refractivity contribution in [3.8, 4) is 0 Å². The van der Waals surface area contributed by atoms with Crippen molar-refractivity contribution < 1.29 is 13.0 Å². The monoisotopic (exact) mass is 311 g/mol. The summed E-state index contributed by atoms with van der Waals surface area (Å²) in [4.78, 5) is -0.192. The van der Waals surface area contributed by atoms with Crippen LogP contribution in [0.15, 0.2) is 63.8 Å². The Labute approximate surface area is 120 Å². The number of hydrogen-bond acceptors (Lipinski definition) is 4. The molecule has 0 aliphatic rings. The number of hydrogen-bond donors (Lipinski definition) is 2. The molecule has 2 rings (SSSR count). The van der Waals surface area contributed by atoms with E-state index in [0.29, 0.717) is 16.4 Å². The summed E-state index contributed by atoms with van der Waals surface area (Å²) in [5.74, 6) is 0. The molecule has 2 N–H and O–H groups in total. The van der Waals surface area contributed by atoms with E-state index in [0.717, 1.165) is 0 Å². The first kappa shape index (κ1) is 14.4. The smallest absolute Gasteiger partial charge is 0.282 e. The molecule has 2 aromatic rings. The standard InChI is InChI=1S/C12H10ClN3O3S/c13-9-1-3-10(4-2-9)14-16-15-11-5-7-12(8-6-11)20(17,18)19/h1-8H,(H,14,15)(H,17,18,19). The predicted molar refractivity (Wildman–Crippen MR) is 75.8 cm³/mol. The third kappa shape index (κ3) is 4.02. The zero-order valence-electron chi connectivity index (χ0n) is 10.1. The number of nitrogens with zero attached hydrogens (tertiary/aromatic N) is 2. The predicted octanol–water partition coefficient (Wildman–Crippen LogP) is 3.70. The molecule has 104 valence electrons. The largest absolute Gasteiger partial charge is 0.294 e. The Morgan fingerprint density at radius 3 is 2.15 bits per heavy atom. The van der Waals surface area contributed by atoms with Gasteiger partial charge in [-0.1, -0.05) is 16.8 Å². The van der Waals surface area contributed by atoms with Gasteiger partial charge in [0.25, 0.3) is 10.1 Å². The van der Waals surface area contributed by atoms with Crippen molar-refractivity contribution in [3.63, 3.8) is 0 Å². The summed E-state index contributed by atoms with van der Waals surface area (Å²) in [6, 6.07) is 12.2. The number of anilines is 1. The third-order valence-corrected chi connectivity index (χ3v) is 3.44. The SMILES string of the molecule is O=S(=O)(O)c1ccc(N=NNc2ccc(Cl)cc2)cc1. The summed E-state index contributed by atoms with van der Waals surface area (Å²) in [5.41, 5.74) is 3.86. The molecule has 6 nitrogen and oxygen atoms in total. The van der Waals surface area contributed by atoms with Crippen molar-refractivity contribution in [2.75, 3.05) is 5.43 Å². The van der Waals surface area contributed by atoms with Gasteiger partial charge in [0.15, 0.2) is 0 Å². The van der Waals surface area contributed by atoms with E-state index in [9.17, 15) is 8.42 Å².